The van der Waals surface area contributed by atoms with Crippen molar-refractivity contribution in [3.8, 4) is 0 Å². The number of rotatable bonds is 6. The lowest BCUT2D eigenvalue weighted by Gasteiger charge is -2.16. The predicted octanol–water partition coefficient (Wildman–Crippen LogP) is 0.464. The third-order valence-corrected chi connectivity index (χ3v) is 3.51. The normalized spacial score (nSPS) is 12.3. The van der Waals surface area contributed by atoms with Gasteiger partial charge < -0.3 is 21.0 Å². The number of H-pyrrole nitrogens is 2. The Morgan fingerprint density at radius 3 is 2.55 bits per heavy atom. The van der Waals surface area contributed by atoms with Crippen molar-refractivity contribution in [3.05, 3.63) is 44.5 Å². The fourth-order valence-electron chi connectivity index (χ4n) is 2.22. The van der Waals surface area contributed by atoms with Crippen LogP contribution >= 0.6 is 0 Å². The van der Waals surface area contributed by atoms with E-state index in [1.165, 1.54) is 6.07 Å². The minimum atomic E-state index is -0.743. The highest BCUT2D eigenvalue weighted by Gasteiger charge is 2.13. The Kier molecular flexibility index (Phi) is 5.11. The number of hydrogen-bond donors (Lipinski definition) is 4. The fraction of sp³-hybridized carbons (Fsp3) is 0.400. The van der Waals surface area contributed by atoms with E-state index in [1.54, 1.807) is 12.1 Å². The standard InChI is InChI=1S/C15H20N4O3/c1-2-3-4-10(8-16)17-13(20)9-5-6-11-12(7-9)19-15(22)14(21)18-11/h5-7,10H,2-4,8,16H2,1H3,(H,17,20)(H,18,21)(H,19,22). The van der Waals surface area contributed by atoms with E-state index in [-0.39, 0.29) is 11.9 Å². The van der Waals surface area contributed by atoms with Gasteiger partial charge in [0.2, 0.25) is 0 Å². The Morgan fingerprint density at radius 2 is 1.91 bits per heavy atom. The summed E-state index contributed by atoms with van der Waals surface area (Å²) in [6.45, 7) is 2.46. The molecule has 0 saturated carbocycles. The summed E-state index contributed by atoms with van der Waals surface area (Å²) >= 11 is 0. The number of hydrogen-bond acceptors (Lipinski definition) is 4. The summed E-state index contributed by atoms with van der Waals surface area (Å²) in [6.07, 6.45) is 2.86. The van der Waals surface area contributed by atoms with Gasteiger partial charge in [-0.25, -0.2) is 0 Å². The smallest absolute Gasteiger partial charge is 0.314 e. The van der Waals surface area contributed by atoms with Gasteiger partial charge in [0, 0.05) is 18.2 Å². The second-order valence-electron chi connectivity index (χ2n) is 5.22. The maximum atomic E-state index is 12.2. The number of aromatic amines is 2. The predicted molar refractivity (Wildman–Crippen MR) is 85.0 cm³/mol. The van der Waals surface area contributed by atoms with Crippen molar-refractivity contribution >= 4 is 16.9 Å². The zero-order chi connectivity index (χ0) is 16.1. The maximum absolute atomic E-state index is 12.2. The number of carbonyl (C=O) groups excluding carboxylic acids is 1. The molecule has 1 amide bonds. The van der Waals surface area contributed by atoms with E-state index in [0.29, 0.717) is 23.1 Å². The van der Waals surface area contributed by atoms with Crippen molar-refractivity contribution in [2.45, 2.75) is 32.2 Å². The van der Waals surface area contributed by atoms with Crippen LogP contribution < -0.4 is 22.2 Å². The van der Waals surface area contributed by atoms with E-state index < -0.39 is 11.1 Å². The molecule has 22 heavy (non-hydrogen) atoms. The molecule has 1 atom stereocenters. The summed E-state index contributed by atoms with van der Waals surface area (Å²) in [7, 11) is 0. The van der Waals surface area contributed by atoms with E-state index in [0.717, 1.165) is 19.3 Å². The molecule has 0 radical (unpaired) electrons. The monoisotopic (exact) mass is 304 g/mol. The highest BCUT2D eigenvalue weighted by Crippen LogP contribution is 2.10. The molecule has 2 aromatic rings. The molecular weight excluding hydrogens is 284 g/mol. The second kappa shape index (κ2) is 7.04. The molecule has 0 bridgehead atoms. The molecule has 7 nitrogen and oxygen atoms in total. The van der Waals surface area contributed by atoms with Gasteiger partial charge in [-0.05, 0) is 24.6 Å². The van der Waals surface area contributed by atoms with Gasteiger partial charge in [-0.2, -0.15) is 0 Å². The van der Waals surface area contributed by atoms with Gasteiger partial charge in [0.05, 0.1) is 11.0 Å². The molecular formula is C15H20N4O3. The molecule has 0 aliphatic rings. The third kappa shape index (κ3) is 3.62. The molecule has 1 unspecified atom stereocenters. The largest absolute Gasteiger partial charge is 0.348 e. The van der Waals surface area contributed by atoms with Crippen molar-refractivity contribution < 1.29 is 4.79 Å². The van der Waals surface area contributed by atoms with Crippen molar-refractivity contribution in [3.63, 3.8) is 0 Å². The molecule has 0 aliphatic carbocycles. The number of nitrogens with one attached hydrogen (secondary N) is 3. The first kappa shape index (κ1) is 16.0. The average molecular weight is 304 g/mol. The second-order valence-corrected chi connectivity index (χ2v) is 5.22. The van der Waals surface area contributed by atoms with E-state index in [9.17, 15) is 14.4 Å². The van der Waals surface area contributed by atoms with Gasteiger partial charge >= 0.3 is 11.1 Å². The minimum Gasteiger partial charge on any atom is -0.348 e. The van der Waals surface area contributed by atoms with Crippen molar-refractivity contribution in [1.29, 1.82) is 0 Å². The quantitative estimate of drug-likeness (QED) is 0.579. The molecule has 0 saturated heterocycles. The lowest BCUT2D eigenvalue weighted by molar-refractivity contribution is 0.0936. The number of carbonyl (C=O) groups is 1. The molecule has 0 fully saturated rings. The van der Waals surface area contributed by atoms with E-state index in [4.69, 9.17) is 5.73 Å². The van der Waals surface area contributed by atoms with Crippen LogP contribution in [0, 0.1) is 0 Å². The van der Waals surface area contributed by atoms with Crippen LogP contribution in [-0.2, 0) is 0 Å². The van der Waals surface area contributed by atoms with Crippen LogP contribution in [0.25, 0.3) is 11.0 Å². The van der Waals surface area contributed by atoms with E-state index in [1.807, 2.05) is 0 Å². The zero-order valence-electron chi connectivity index (χ0n) is 12.4. The molecule has 2 rings (SSSR count). The third-order valence-electron chi connectivity index (χ3n) is 3.51. The van der Waals surface area contributed by atoms with Gasteiger partial charge in [0.15, 0.2) is 0 Å². The van der Waals surface area contributed by atoms with Crippen molar-refractivity contribution in [2.24, 2.45) is 5.73 Å². The topological polar surface area (TPSA) is 121 Å². The van der Waals surface area contributed by atoms with Crippen LogP contribution in [-0.4, -0.2) is 28.5 Å². The minimum absolute atomic E-state index is 0.0715. The van der Waals surface area contributed by atoms with Gasteiger partial charge in [-0.15, -0.1) is 0 Å². The van der Waals surface area contributed by atoms with E-state index in [2.05, 4.69) is 22.2 Å². The average Bonchev–Trinajstić information content (AvgIpc) is 2.51. The number of amides is 1. The Labute approximate surface area is 126 Å². The van der Waals surface area contributed by atoms with Crippen LogP contribution in [0.5, 0.6) is 0 Å². The number of nitrogens with two attached hydrogens (primary N) is 1. The van der Waals surface area contributed by atoms with Gasteiger partial charge in [-0.1, -0.05) is 19.8 Å². The Hall–Kier alpha value is -2.41. The molecule has 118 valence electrons. The van der Waals surface area contributed by atoms with Crippen molar-refractivity contribution in [2.75, 3.05) is 6.54 Å². The van der Waals surface area contributed by atoms with Crippen LogP contribution in [0.4, 0.5) is 0 Å². The summed E-state index contributed by atoms with van der Waals surface area (Å²) in [5.74, 6) is -0.250. The van der Waals surface area contributed by atoms with Crippen LogP contribution in [0.2, 0.25) is 0 Å². The highest BCUT2D eigenvalue weighted by atomic mass is 16.2. The molecule has 1 heterocycles. The molecule has 0 aliphatic heterocycles. The molecule has 1 aromatic heterocycles. The highest BCUT2D eigenvalue weighted by molar-refractivity contribution is 5.97. The Bertz CT molecular complexity index is 778. The number of benzene rings is 1. The van der Waals surface area contributed by atoms with Gasteiger partial charge in [0.25, 0.3) is 5.91 Å². The summed E-state index contributed by atoms with van der Waals surface area (Å²) in [6, 6.07) is 4.65. The van der Waals surface area contributed by atoms with Gasteiger partial charge in [0.1, 0.15) is 0 Å². The van der Waals surface area contributed by atoms with E-state index >= 15 is 0 Å². The zero-order valence-corrected chi connectivity index (χ0v) is 12.4. The van der Waals surface area contributed by atoms with Crippen LogP contribution in [0.3, 0.4) is 0 Å². The Balaban J connectivity index is 2.22. The van der Waals surface area contributed by atoms with Crippen molar-refractivity contribution in [1.82, 2.24) is 15.3 Å². The first-order valence-electron chi connectivity index (χ1n) is 7.32. The van der Waals surface area contributed by atoms with Crippen LogP contribution in [0.15, 0.2) is 27.8 Å². The summed E-state index contributed by atoms with van der Waals surface area (Å²) in [5, 5.41) is 2.88. The SMILES string of the molecule is CCCCC(CN)NC(=O)c1ccc2[nH]c(=O)c(=O)[nH]c2c1. The molecule has 7 heteroatoms. The maximum Gasteiger partial charge on any atom is 0.314 e. The molecule has 0 spiro atoms. The number of aromatic nitrogens is 2. The van der Waals surface area contributed by atoms with Gasteiger partial charge in [-0.3, -0.25) is 14.4 Å². The summed E-state index contributed by atoms with van der Waals surface area (Å²) in [5.41, 5.74) is 5.50. The summed E-state index contributed by atoms with van der Waals surface area (Å²) < 4.78 is 0. The number of fused-ring (bicyclic) bond motifs is 1. The molecule has 1 aromatic carbocycles. The lowest BCUT2D eigenvalue weighted by atomic mass is 10.1. The van der Waals surface area contributed by atoms with Crippen LogP contribution in [0.1, 0.15) is 36.5 Å². The lowest BCUT2D eigenvalue weighted by Crippen LogP contribution is -2.40. The molecule has 5 N–H and O–H groups in total. The summed E-state index contributed by atoms with van der Waals surface area (Å²) in [4.78, 5) is 39.7. The first-order chi connectivity index (χ1) is 10.5. The fourth-order valence-corrected chi connectivity index (χ4v) is 2.22. The Morgan fingerprint density at radius 1 is 1.23 bits per heavy atom. The number of unbranched alkanes of at least 4 members (excludes halogenated alkanes) is 1. The first-order valence-corrected chi connectivity index (χ1v) is 7.32.